The molecule has 0 radical (unpaired) electrons. The molecule has 0 aliphatic heterocycles. The van der Waals surface area contributed by atoms with Crippen LogP contribution in [-0.4, -0.2) is 44.5 Å². The standard InChI is InChI=1S/C17H25N3O6S/c1-11(2)20-27(24,25)13-8-6-12(7-9-13)15(22)26-10-14(21)18-16(23)19-17(3,4)5/h6-9,11,20H,10H2,1-5H3,(H2,18,19,21,23). The zero-order valence-electron chi connectivity index (χ0n) is 16.0. The molecule has 0 saturated heterocycles. The van der Waals surface area contributed by atoms with E-state index in [-0.39, 0.29) is 16.5 Å². The van der Waals surface area contributed by atoms with Crippen LogP contribution in [0.3, 0.4) is 0 Å². The number of imide groups is 1. The highest BCUT2D eigenvalue weighted by Gasteiger charge is 2.18. The van der Waals surface area contributed by atoms with E-state index >= 15 is 0 Å². The largest absolute Gasteiger partial charge is 0.452 e. The van der Waals surface area contributed by atoms with Crippen LogP contribution >= 0.6 is 0 Å². The quantitative estimate of drug-likeness (QED) is 0.615. The maximum absolute atomic E-state index is 12.0. The molecule has 3 N–H and O–H groups in total. The molecular formula is C17H25N3O6S. The molecule has 0 heterocycles. The fourth-order valence-corrected chi connectivity index (χ4v) is 3.15. The number of hydrogen-bond donors (Lipinski definition) is 3. The molecule has 0 saturated carbocycles. The van der Waals surface area contributed by atoms with Crippen molar-refractivity contribution in [1.82, 2.24) is 15.4 Å². The summed E-state index contributed by atoms with van der Waals surface area (Å²) in [5.74, 6) is -1.60. The predicted molar refractivity (Wildman–Crippen MR) is 98.6 cm³/mol. The van der Waals surface area contributed by atoms with Crippen LogP contribution in [0.2, 0.25) is 0 Å². The minimum Gasteiger partial charge on any atom is -0.452 e. The number of rotatable bonds is 6. The van der Waals surface area contributed by atoms with E-state index in [1.807, 2.05) is 5.32 Å². The van der Waals surface area contributed by atoms with Crippen molar-refractivity contribution < 1.29 is 27.5 Å². The van der Waals surface area contributed by atoms with Crippen LogP contribution in [0.15, 0.2) is 29.2 Å². The van der Waals surface area contributed by atoms with Gasteiger partial charge < -0.3 is 10.1 Å². The highest BCUT2D eigenvalue weighted by Crippen LogP contribution is 2.12. The summed E-state index contributed by atoms with van der Waals surface area (Å²) in [6.07, 6.45) is 0. The number of carbonyl (C=O) groups is 3. The van der Waals surface area contributed by atoms with Crippen molar-refractivity contribution in [1.29, 1.82) is 0 Å². The lowest BCUT2D eigenvalue weighted by atomic mass is 10.1. The van der Waals surface area contributed by atoms with E-state index < -0.39 is 40.1 Å². The van der Waals surface area contributed by atoms with Gasteiger partial charge in [-0.15, -0.1) is 0 Å². The van der Waals surface area contributed by atoms with Crippen LogP contribution < -0.4 is 15.4 Å². The second kappa shape index (κ2) is 8.96. The summed E-state index contributed by atoms with van der Waals surface area (Å²) in [6.45, 7) is 7.98. The van der Waals surface area contributed by atoms with Crippen molar-refractivity contribution in [3.63, 3.8) is 0 Å². The highest BCUT2D eigenvalue weighted by molar-refractivity contribution is 7.89. The first-order valence-electron chi connectivity index (χ1n) is 8.22. The fourth-order valence-electron chi connectivity index (χ4n) is 1.90. The lowest BCUT2D eigenvalue weighted by Gasteiger charge is -2.20. The third-order valence-electron chi connectivity index (χ3n) is 2.87. The van der Waals surface area contributed by atoms with E-state index in [1.165, 1.54) is 24.3 Å². The number of ether oxygens (including phenoxy) is 1. The number of hydrogen-bond acceptors (Lipinski definition) is 6. The van der Waals surface area contributed by atoms with Crippen LogP contribution in [0.4, 0.5) is 4.79 Å². The van der Waals surface area contributed by atoms with Gasteiger partial charge in [0.2, 0.25) is 10.0 Å². The van der Waals surface area contributed by atoms with E-state index in [2.05, 4.69) is 10.0 Å². The Labute approximate surface area is 158 Å². The summed E-state index contributed by atoms with van der Waals surface area (Å²) in [4.78, 5) is 35.1. The molecule has 1 aromatic rings. The average Bonchev–Trinajstić information content (AvgIpc) is 2.49. The highest BCUT2D eigenvalue weighted by atomic mass is 32.2. The van der Waals surface area contributed by atoms with Gasteiger partial charge in [-0.25, -0.2) is 22.7 Å². The second-order valence-electron chi connectivity index (χ2n) is 7.13. The van der Waals surface area contributed by atoms with E-state index in [0.717, 1.165) is 0 Å². The Morgan fingerprint density at radius 3 is 2.11 bits per heavy atom. The minimum atomic E-state index is -3.67. The molecule has 0 spiro atoms. The molecule has 3 amide bonds. The maximum Gasteiger partial charge on any atom is 0.338 e. The van der Waals surface area contributed by atoms with Crippen LogP contribution in [0, 0.1) is 0 Å². The van der Waals surface area contributed by atoms with Gasteiger partial charge in [0, 0.05) is 11.6 Å². The van der Waals surface area contributed by atoms with E-state index in [0.29, 0.717) is 0 Å². The zero-order valence-corrected chi connectivity index (χ0v) is 16.8. The Bertz CT molecular complexity index is 795. The molecule has 0 aliphatic rings. The first-order valence-corrected chi connectivity index (χ1v) is 9.70. The van der Waals surface area contributed by atoms with Gasteiger partial charge in [-0.3, -0.25) is 10.1 Å². The van der Waals surface area contributed by atoms with Gasteiger partial charge in [-0.2, -0.15) is 0 Å². The number of sulfonamides is 1. The van der Waals surface area contributed by atoms with Crippen LogP contribution in [0.5, 0.6) is 0 Å². The molecule has 1 aromatic carbocycles. The summed E-state index contributed by atoms with van der Waals surface area (Å²) in [5, 5.41) is 4.57. The third-order valence-corrected chi connectivity index (χ3v) is 4.54. The Balaban J connectivity index is 2.61. The van der Waals surface area contributed by atoms with Gasteiger partial charge in [0.15, 0.2) is 6.61 Å². The van der Waals surface area contributed by atoms with Crippen LogP contribution in [0.1, 0.15) is 45.0 Å². The summed E-state index contributed by atoms with van der Waals surface area (Å²) in [7, 11) is -3.67. The summed E-state index contributed by atoms with van der Waals surface area (Å²) >= 11 is 0. The van der Waals surface area contributed by atoms with E-state index in [9.17, 15) is 22.8 Å². The molecule has 0 unspecified atom stereocenters. The number of nitrogens with one attached hydrogen (secondary N) is 3. The van der Waals surface area contributed by atoms with Crippen molar-refractivity contribution in [2.45, 2.75) is 51.1 Å². The van der Waals surface area contributed by atoms with Gasteiger partial charge >= 0.3 is 12.0 Å². The first-order chi connectivity index (χ1) is 12.3. The average molecular weight is 399 g/mol. The zero-order chi connectivity index (χ0) is 20.8. The van der Waals surface area contributed by atoms with Gasteiger partial charge in [0.25, 0.3) is 5.91 Å². The Morgan fingerprint density at radius 2 is 1.63 bits per heavy atom. The van der Waals surface area contributed by atoms with Crippen molar-refractivity contribution >= 4 is 27.9 Å². The molecule has 0 aromatic heterocycles. The third kappa shape index (κ3) is 8.18. The molecule has 0 fully saturated rings. The monoisotopic (exact) mass is 399 g/mol. The molecule has 150 valence electrons. The number of benzene rings is 1. The van der Waals surface area contributed by atoms with E-state index in [1.54, 1.807) is 34.6 Å². The van der Waals surface area contributed by atoms with E-state index in [4.69, 9.17) is 4.74 Å². The first kappa shape index (κ1) is 22.6. The number of amides is 3. The van der Waals surface area contributed by atoms with Gasteiger partial charge in [-0.05, 0) is 58.9 Å². The SMILES string of the molecule is CC(C)NS(=O)(=O)c1ccc(C(=O)OCC(=O)NC(=O)NC(C)(C)C)cc1. The van der Waals surface area contributed by atoms with Crippen LogP contribution in [0.25, 0.3) is 0 Å². The van der Waals surface area contributed by atoms with Gasteiger partial charge in [0.05, 0.1) is 10.5 Å². The Hall–Kier alpha value is -2.46. The number of esters is 1. The molecule has 1 rings (SSSR count). The second-order valence-corrected chi connectivity index (χ2v) is 8.84. The van der Waals surface area contributed by atoms with Crippen LogP contribution in [-0.2, 0) is 19.6 Å². The van der Waals surface area contributed by atoms with Gasteiger partial charge in [-0.1, -0.05) is 0 Å². The topological polar surface area (TPSA) is 131 Å². The Morgan fingerprint density at radius 1 is 1.07 bits per heavy atom. The van der Waals surface area contributed by atoms with Gasteiger partial charge in [0.1, 0.15) is 0 Å². The summed E-state index contributed by atoms with van der Waals surface area (Å²) in [5.41, 5.74) is -0.446. The number of urea groups is 1. The van der Waals surface area contributed by atoms with Crippen molar-refractivity contribution in [3.8, 4) is 0 Å². The molecule has 9 nitrogen and oxygen atoms in total. The molecule has 0 bridgehead atoms. The lowest BCUT2D eigenvalue weighted by molar-refractivity contribution is -0.123. The predicted octanol–water partition coefficient (Wildman–Crippen LogP) is 1.15. The maximum atomic E-state index is 12.0. The lowest BCUT2D eigenvalue weighted by Crippen LogP contribution is -2.49. The smallest absolute Gasteiger partial charge is 0.338 e. The summed E-state index contributed by atoms with van der Waals surface area (Å²) < 4.78 is 31.3. The molecular weight excluding hydrogens is 374 g/mol. The minimum absolute atomic E-state index is 0.00402. The number of carbonyl (C=O) groups excluding carboxylic acids is 3. The summed E-state index contributed by atoms with van der Waals surface area (Å²) in [6, 6.07) is 4.11. The normalized spacial score (nSPS) is 11.8. The molecule has 27 heavy (non-hydrogen) atoms. The molecule has 10 heteroatoms. The fraction of sp³-hybridized carbons (Fsp3) is 0.471. The van der Waals surface area contributed by atoms with Crippen molar-refractivity contribution in [2.24, 2.45) is 0 Å². The van der Waals surface area contributed by atoms with Crippen molar-refractivity contribution in [2.75, 3.05) is 6.61 Å². The van der Waals surface area contributed by atoms with Crippen molar-refractivity contribution in [3.05, 3.63) is 29.8 Å². The Kier molecular flexibility index (Phi) is 7.49. The molecule has 0 atom stereocenters. The molecule has 0 aliphatic carbocycles.